The van der Waals surface area contributed by atoms with Crippen LogP contribution in [0.2, 0.25) is 0 Å². The number of nitrogens with zero attached hydrogens (tertiary/aromatic N) is 3. The highest BCUT2D eigenvalue weighted by Crippen LogP contribution is 2.15. The Kier molecular flexibility index (Phi) is 6.04. The van der Waals surface area contributed by atoms with Crippen LogP contribution in [-0.2, 0) is 4.79 Å². The molecule has 0 radical (unpaired) electrons. The first-order valence-electron chi connectivity index (χ1n) is 8.80. The lowest BCUT2D eigenvalue weighted by atomic mass is 10.2. The topological polar surface area (TPSA) is 81.1 Å². The largest absolute Gasteiger partial charge is 0.484 e. The minimum atomic E-state index is -0.160. The van der Waals surface area contributed by atoms with Gasteiger partial charge in [-0.15, -0.1) is 0 Å². The molecule has 0 atom stereocenters. The molecule has 2 heterocycles. The summed E-state index contributed by atoms with van der Waals surface area (Å²) in [5.41, 5.74) is 1.00. The smallest absolute Gasteiger partial charge is 0.258 e. The molecular formula is C20H23N5O2. The van der Waals surface area contributed by atoms with Crippen molar-refractivity contribution in [2.45, 2.75) is 13.8 Å². The van der Waals surface area contributed by atoms with E-state index >= 15 is 0 Å². The second-order valence-electron chi connectivity index (χ2n) is 6.08. The SMILES string of the molecule is Cc1nc(NCCNC(=O)COc2ccccc2C)cc(-n2cccc2)n1. The van der Waals surface area contributed by atoms with Gasteiger partial charge in [0.25, 0.3) is 5.91 Å². The Morgan fingerprint density at radius 2 is 1.85 bits per heavy atom. The molecule has 0 unspecified atom stereocenters. The number of benzene rings is 1. The quantitative estimate of drug-likeness (QED) is 0.600. The molecular weight excluding hydrogens is 342 g/mol. The van der Waals surface area contributed by atoms with Gasteiger partial charge in [0, 0.05) is 31.5 Å². The Balaban J connectivity index is 1.43. The molecule has 1 aromatic carbocycles. The molecule has 7 heteroatoms. The molecule has 0 aliphatic heterocycles. The van der Waals surface area contributed by atoms with Gasteiger partial charge in [0.1, 0.15) is 23.2 Å². The molecule has 27 heavy (non-hydrogen) atoms. The van der Waals surface area contributed by atoms with Gasteiger partial charge in [-0.25, -0.2) is 9.97 Å². The number of nitrogens with one attached hydrogen (secondary N) is 2. The number of rotatable bonds is 8. The van der Waals surface area contributed by atoms with Gasteiger partial charge in [0.15, 0.2) is 6.61 Å². The molecule has 2 aromatic heterocycles. The third kappa shape index (κ3) is 5.31. The number of hydrogen-bond donors (Lipinski definition) is 2. The summed E-state index contributed by atoms with van der Waals surface area (Å²) >= 11 is 0. The highest BCUT2D eigenvalue weighted by molar-refractivity contribution is 5.77. The second-order valence-corrected chi connectivity index (χ2v) is 6.08. The van der Waals surface area contributed by atoms with Crippen LogP contribution in [0, 0.1) is 13.8 Å². The maximum Gasteiger partial charge on any atom is 0.258 e. The molecule has 3 aromatic rings. The van der Waals surface area contributed by atoms with Crippen LogP contribution in [0.5, 0.6) is 5.75 Å². The molecule has 0 saturated heterocycles. The number of anilines is 1. The number of carbonyl (C=O) groups is 1. The Morgan fingerprint density at radius 1 is 1.07 bits per heavy atom. The number of ether oxygens (including phenoxy) is 1. The Bertz CT molecular complexity index is 893. The van der Waals surface area contributed by atoms with Gasteiger partial charge >= 0.3 is 0 Å². The fourth-order valence-electron chi connectivity index (χ4n) is 2.57. The molecule has 1 amide bonds. The maximum atomic E-state index is 11.9. The van der Waals surface area contributed by atoms with E-state index in [1.807, 2.05) is 73.3 Å². The Hall–Kier alpha value is -3.35. The molecule has 7 nitrogen and oxygen atoms in total. The summed E-state index contributed by atoms with van der Waals surface area (Å²) in [5.74, 6) is 2.76. The average Bonchev–Trinajstić information content (AvgIpc) is 3.19. The van der Waals surface area contributed by atoms with E-state index in [0.717, 1.165) is 22.9 Å². The fraction of sp³-hybridized carbons (Fsp3) is 0.250. The molecule has 0 bridgehead atoms. The van der Waals surface area contributed by atoms with Gasteiger partial charge in [-0.3, -0.25) is 4.79 Å². The second kappa shape index (κ2) is 8.84. The summed E-state index contributed by atoms with van der Waals surface area (Å²) in [6.45, 7) is 4.82. The van der Waals surface area contributed by atoms with Crippen molar-refractivity contribution in [3.8, 4) is 11.6 Å². The van der Waals surface area contributed by atoms with Gasteiger partial charge in [0.2, 0.25) is 0 Å². The van der Waals surface area contributed by atoms with E-state index in [1.165, 1.54) is 0 Å². The van der Waals surface area contributed by atoms with Crippen LogP contribution in [0.4, 0.5) is 5.82 Å². The zero-order chi connectivity index (χ0) is 19.1. The van der Waals surface area contributed by atoms with Crippen molar-refractivity contribution in [2.24, 2.45) is 0 Å². The van der Waals surface area contributed by atoms with Crippen LogP contribution in [0.3, 0.4) is 0 Å². The number of aromatic nitrogens is 3. The van der Waals surface area contributed by atoms with Crippen molar-refractivity contribution in [3.05, 3.63) is 66.2 Å². The summed E-state index contributed by atoms with van der Waals surface area (Å²) in [7, 11) is 0. The molecule has 0 aliphatic carbocycles. The number of para-hydroxylation sites is 1. The van der Waals surface area contributed by atoms with Gasteiger partial charge in [0.05, 0.1) is 0 Å². The van der Waals surface area contributed by atoms with Gasteiger partial charge in [-0.1, -0.05) is 18.2 Å². The van der Waals surface area contributed by atoms with Crippen molar-refractivity contribution in [1.82, 2.24) is 19.9 Å². The van der Waals surface area contributed by atoms with Crippen molar-refractivity contribution in [2.75, 3.05) is 25.0 Å². The summed E-state index contributed by atoms with van der Waals surface area (Å²) in [4.78, 5) is 20.7. The van der Waals surface area contributed by atoms with Gasteiger partial charge in [-0.05, 0) is 37.6 Å². The molecule has 140 valence electrons. The summed E-state index contributed by atoms with van der Waals surface area (Å²) in [6, 6.07) is 13.4. The average molecular weight is 365 g/mol. The maximum absolute atomic E-state index is 11.9. The first kappa shape index (κ1) is 18.4. The number of amides is 1. The van der Waals surface area contributed by atoms with E-state index in [2.05, 4.69) is 20.6 Å². The third-order valence-corrected chi connectivity index (χ3v) is 3.90. The molecule has 2 N–H and O–H groups in total. The lowest BCUT2D eigenvalue weighted by Gasteiger charge is -2.11. The number of aryl methyl sites for hydroxylation is 2. The van der Waals surface area contributed by atoms with E-state index in [0.29, 0.717) is 18.9 Å². The van der Waals surface area contributed by atoms with Crippen LogP contribution in [0.15, 0.2) is 54.9 Å². The summed E-state index contributed by atoms with van der Waals surface area (Å²) in [6.07, 6.45) is 3.86. The van der Waals surface area contributed by atoms with Gasteiger partial charge in [-0.2, -0.15) is 0 Å². The Morgan fingerprint density at radius 3 is 2.63 bits per heavy atom. The fourth-order valence-corrected chi connectivity index (χ4v) is 2.57. The van der Waals surface area contributed by atoms with E-state index in [-0.39, 0.29) is 12.5 Å². The minimum absolute atomic E-state index is 0.00472. The molecule has 3 rings (SSSR count). The van der Waals surface area contributed by atoms with E-state index in [9.17, 15) is 4.79 Å². The lowest BCUT2D eigenvalue weighted by molar-refractivity contribution is -0.123. The summed E-state index contributed by atoms with van der Waals surface area (Å²) < 4.78 is 7.45. The number of carbonyl (C=O) groups excluding carboxylic acids is 1. The van der Waals surface area contributed by atoms with E-state index < -0.39 is 0 Å². The lowest BCUT2D eigenvalue weighted by Crippen LogP contribution is -2.32. The van der Waals surface area contributed by atoms with Crippen LogP contribution < -0.4 is 15.4 Å². The molecule has 0 spiro atoms. The highest BCUT2D eigenvalue weighted by Gasteiger charge is 2.05. The van der Waals surface area contributed by atoms with E-state index in [4.69, 9.17) is 4.74 Å². The minimum Gasteiger partial charge on any atom is -0.484 e. The van der Waals surface area contributed by atoms with Crippen molar-refractivity contribution >= 4 is 11.7 Å². The normalized spacial score (nSPS) is 10.4. The number of hydrogen-bond acceptors (Lipinski definition) is 5. The summed E-state index contributed by atoms with van der Waals surface area (Å²) in [5, 5.41) is 6.03. The zero-order valence-corrected chi connectivity index (χ0v) is 15.5. The van der Waals surface area contributed by atoms with Crippen molar-refractivity contribution < 1.29 is 9.53 Å². The first-order chi connectivity index (χ1) is 13.1. The van der Waals surface area contributed by atoms with Crippen LogP contribution in [-0.4, -0.2) is 40.1 Å². The standard InChI is InChI=1S/C20H23N5O2/c1-15-7-3-4-8-17(15)27-14-20(26)22-10-9-21-18-13-19(24-16(2)23-18)25-11-5-6-12-25/h3-8,11-13H,9-10,14H2,1-2H3,(H,22,26)(H,21,23,24). The van der Waals surface area contributed by atoms with Crippen molar-refractivity contribution in [3.63, 3.8) is 0 Å². The first-order valence-corrected chi connectivity index (χ1v) is 8.80. The third-order valence-electron chi connectivity index (χ3n) is 3.90. The predicted octanol–water partition coefficient (Wildman–Crippen LogP) is 2.49. The van der Waals surface area contributed by atoms with Gasteiger partial charge < -0.3 is 19.9 Å². The molecule has 0 fully saturated rings. The van der Waals surface area contributed by atoms with Crippen molar-refractivity contribution in [1.29, 1.82) is 0 Å². The highest BCUT2D eigenvalue weighted by atomic mass is 16.5. The Labute approximate surface area is 158 Å². The molecule has 0 saturated carbocycles. The van der Waals surface area contributed by atoms with Crippen LogP contribution in [0.1, 0.15) is 11.4 Å². The predicted molar refractivity (Wildman–Crippen MR) is 104 cm³/mol. The van der Waals surface area contributed by atoms with Crippen LogP contribution in [0.25, 0.3) is 5.82 Å². The van der Waals surface area contributed by atoms with E-state index in [1.54, 1.807) is 0 Å². The van der Waals surface area contributed by atoms with Crippen LogP contribution >= 0.6 is 0 Å². The zero-order valence-electron chi connectivity index (χ0n) is 15.5. The monoisotopic (exact) mass is 365 g/mol. The molecule has 0 aliphatic rings.